The minimum absolute atomic E-state index is 0.0361. The van der Waals surface area contributed by atoms with E-state index in [9.17, 15) is 8.78 Å². The van der Waals surface area contributed by atoms with Crippen LogP contribution < -0.4 is 5.32 Å². The van der Waals surface area contributed by atoms with Gasteiger partial charge in [-0.05, 0) is 12.6 Å². The number of aromatic nitrogens is 2. The van der Waals surface area contributed by atoms with Gasteiger partial charge in [0.25, 0.3) is 0 Å². The first-order valence-corrected chi connectivity index (χ1v) is 6.72. The predicted octanol–water partition coefficient (Wildman–Crippen LogP) is 3.12. The topological polar surface area (TPSA) is 29.9 Å². The number of nitrogens with zero attached hydrogens (tertiary/aromatic N) is 2. The second kappa shape index (κ2) is 5.61. The summed E-state index contributed by atoms with van der Waals surface area (Å²) in [6, 6.07) is 12.2. The molecule has 0 bridgehead atoms. The van der Waals surface area contributed by atoms with Crippen LogP contribution in [0, 0.1) is 11.6 Å². The van der Waals surface area contributed by atoms with Crippen molar-refractivity contribution in [3.63, 3.8) is 0 Å². The zero-order valence-corrected chi connectivity index (χ0v) is 11.6. The Balaban J connectivity index is 2.14. The van der Waals surface area contributed by atoms with Gasteiger partial charge in [0.1, 0.15) is 0 Å². The molecule has 108 valence electrons. The van der Waals surface area contributed by atoms with E-state index in [0.29, 0.717) is 17.6 Å². The minimum atomic E-state index is -0.877. The van der Waals surface area contributed by atoms with E-state index in [0.717, 1.165) is 11.6 Å². The van der Waals surface area contributed by atoms with Gasteiger partial charge in [0.05, 0.1) is 23.4 Å². The summed E-state index contributed by atoms with van der Waals surface area (Å²) < 4.78 is 28.7. The van der Waals surface area contributed by atoms with Crippen molar-refractivity contribution in [2.75, 3.05) is 13.6 Å². The fourth-order valence-electron chi connectivity index (χ4n) is 2.52. The maximum Gasteiger partial charge on any atom is 0.161 e. The second-order valence-corrected chi connectivity index (χ2v) is 4.89. The number of hydrogen-bond donors (Lipinski definition) is 1. The SMILES string of the molecule is CNCC(c1ccccc1)n1cnc2cc(F)c(F)cc21. The van der Waals surface area contributed by atoms with Crippen LogP contribution in [0.2, 0.25) is 0 Å². The highest BCUT2D eigenvalue weighted by Gasteiger charge is 2.17. The summed E-state index contributed by atoms with van der Waals surface area (Å²) in [4.78, 5) is 4.18. The molecular weight excluding hydrogens is 272 g/mol. The van der Waals surface area contributed by atoms with E-state index in [-0.39, 0.29) is 6.04 Å². The Kier molecular flexibility index (Phi) is 3.66. The normalized spacial score (nSPS) is 12.7. The Labute approximate surface area is 121 Å². The molecule has 2 aromatic carbocycles. The molecule has 0 saturated carbocycles. The Bertz CT molecular complexity index is 753. The highest BCUT2D eigenvalue weighted by molar-refractivity contribution is 5.75. The lowest BCUT2D eigenvalue weighted by atomic mass is 10.1. The van der Waals surface area contributed by atoms with Crippen LogP contribution in [-0.4, -0.2) is 23.1 Å². The Morgan fingerprint density at radius 2 is 1.86 bits per heavy atom. The average molecular weight is 287 g/mol. The third kappa shape index (κ3) is 2.52. The van der Waals surface area contributed by atoms with Gasteiger partial charge in [0.15, 0.2) is 11.6 Å². The lowest BCUT2D eigenvalue weighted by molar-refractivity contribution is 0.509. The van der Waals surface area contributed by atoms with E-state index in [1.165, 1.54) is 6.07 Å². The minimum Gasteiger partial charge on any atom is -0.322 e. The van der Waals surface area contributed by atoms with Crippen LogP contribution in [0.25, 0.3) is 11.0 Å². The van der Waals surface area contributed by atoms with Gasteiger partial charge in [0.2, 0.25) is 0 Å². The standard InChI is InChI=1S/C16H15F2N3/c1-19-9-16(11-5-3-2-4-6-11)21-10-20-14-7-12(17)13(18)8-15(14)21/h2-8,10,16,19H,9H2,1H3. The summed E-state index contributed by atoms with van der Waals surface area (Å²) in [5.41, 5.74) is 2.11. The molecule has 0 amide bonds. The number of imidazole rings is 1. The summed E-state index contributed by atoms with van der Waals surface area (Å²) in [6.07, 6.45) is 1.62. The van der Waals surface area contributed by atoms with Gasteiger partial charge in [-0.2, -0.15) is 0 Å². The van der Waals surface area contributed by atoms with Crippen molar-refractivity contribution in [3.05, 3.63) is 66.0 Å². The van der Waals surface area contributed by atoms with Crippen molar-refractivity contribution in [2.24, 2.45) is 0 Å². The fourth-order valence-corrected chi connectivity index (χ4v) is 2.52. The number of hydrogen-bond acceptors (Lipinski definition) is 2. The fraction of sp³-hybridized carbons (Fsp3) is 0.188. The van der Waals surface area contributed by atoms with E-state index in [1.54, 1.807) is 6.33 Å². The Hall–Kier alpha value is -2.27. The average Bonchev–Trinajstić information content (AvgIpc) is 2.89. The number of rotatable bonds is 4. The summed E-state index contributed by atoms with van der Waals surface area (Å²) in [7, 11) is 1.86. The molecule has 0 spiro atoms. The number of nitrogens with one attached hydrogen (secondary N) is 1. The largest absolute Gasteiger partial charge is 0.322 e. The van der Waals surface area contributed by atoms with Crippen LogP contribution >= 0.6 is 0 Å². The molecule has 0 radical (unpaired) electrons. The maximum absolute atomic E-state index is 13.5. The summed E-state index contributed by atoms with van der Waals surface area (Å²) in [5.74, 6) is -1.74. The van der Waals surface area contributed by atoms with Crippen molar-refractivity contribution >= 4 is 11.0 Å². The molecule has 1 aromatic heterocycles. The molecule has 1 atom stereocenters. The molecule has 1 heterocycles. The van der Waals surface area contributed by atoms with Crippen molar-refractivity contribution in [1.29, 1.82) is 0 Å². The molecule has 0 aliphatic carbocycles. The van der Waals surface area contributed by atoms with E-state index >= 15 is 0 Å². The first-order chi connectivity index (χ1) is 10.2. The molecule has 3 nitrogen and oxygen atoms in total. The first kappa shape index (κ1) is 13.7. The van der Waals surface area contributed by atoms with Gasteiger partial charge in [-0.1, -0.05) is 30.3 Å². The van der Waals surface area contributed by atoms with Crippen LogP contribution in [0.15, 0.2) is 48.8 Å². The van der Waals surface area contributed by atoms with Crippen LogP contribution in [0.3, 0.4) is 0 Å². The molecule has 3 rings (SSSR count). The van der Waals surface area contributed by atoms with E-state index in [1.807, 2.05) is 41.9 Å². The van der Waals surface area contributed by atoms with Crippen LogP contribution in [-0.2, 0) is 0 Å². The van der Waals surface area contributed by atoms with Gasteiger partial charge in [-0.25, -0.2) is 13.8 Å². The highest BCUT2D eigenvalue weighted by atomic mass is 19.2. The van der Waals surface area contributed by atoms with Crippen molar-refractivity contribution < 1.29 is 8.78 Å². The molecule has 1 N–H and O–H groups in total. The van der Waals surface area contributed by atoms with Crippen LogP contribution in [0.1, 0.15) is 11.6 Å². The summed E-state index contributed by atoms with van der Waals surface area (Å²) >= 11 is 0. The lowest BCUT2D eigenvalue weighted by Crippen LogP contribution is -2.23. The zero-order valence-electron chi connectivity index (χ0n) is 11.6. The molecule has 0 aliphatic heterocycles. The third-order valence-corrected chi connectivity index (χ3v) is 3.53. The number of fused-ring (bicyclic) bond motifs is 1. The van der Waals surface area contributed by atoms with Gasteiger partial charge in [0, 0.05) is 18.7 Å². The van der Waals surface area contributed by atoms with Gasteiger partial charge >= 0.3 is 0 Å². The number of benzene rings is 2. The first-order valence-electron chi connectivity index (χ1n) is 6.72. The molecule has 1 unspecified atom stereocenters. The predicted molar refractivity (Wildman–Crippen MR) is 78.2 cm³/mol. The van der Waals surface area contributed by atoms with E-state index in [4.69, 9.17) is 0 Å². The van der Waals surface area contributed by atoms with Crippen LogP contribution in [0.4, 0.5) is 8.78 Å². The number of halogens is 2. The Morgan fingerprint density at radius 1 is 1.14 bits per heavy atom. The Morgan fingerprint density at radius 3 is 2.57 bits per heavy atom. The zero-order chi connectivity index (χ0) is 14.8. The third-order valence-electron chi connectivity index (χ3n) is 3.53. The van der Waals surface area contributed by atoms with Gasteiger partial charge < -0.3 is 9.88 Å². The maximum atomic E-state index is 13.5. The van der Waals surface area contributed by atoms with Crippen molar-refractivity contribution in [3.8, 4) is 0 Å². The van der Waals surface area contributed by atoms with E-state index < -0.39 is 11.6 Å². The quantitative estimate of drug-likeness (QED) is 0.799. The molecule has 5 heteroatoms. The molecule has 0 fully saturated rings. The monoisotopic (exact) mass is 287 g/mol. The summed E-state index contributed by atoms with van der Waals surface area (Å²) in [5, 5.41) is 3.13. The molecular formula is C16H15F2N3. The molecule has 3 aromatic rings. The summed E-state index contributed by atoms with van der Waals surface area (Å²) in [6.45, 7) is 0.661. The van der Waals surface area contributed by atoms with Crippen molar-refractivity contribution in [1.82, 2.24) is 14.9 Å². The smallest absolute Gasteiger partial charge is 0.161 e. The van der Waals surface area contributed by atoms with Gasteiger partial charge in [-0.15, -0.1) is 0 Å². The molecule has 0 aliphatic rings. The van der Waals surface area contributed by atoms with Gasteiger partial charge in [-0.3, -0.25) is 0 Å². The van der Waals surface area contributed by atoms with E-state index in [2.05, 4.69) is 10.3 Å². The van der Waals surface area contributed by atoms with Crippen molar-refractivity contribution in [2.45, 2.75) is 6.04 Å². The molecule has 21 heavy (non-hydrogen) atoms. The number of likely N-dealkylation sites (N-methyl/N-ethyl adjacent to an activating group) is 1. The lowest BCUT2D eigenvalue weighted by Gasteiger charge is -2.19. The van der Waals surface area contributed by atoms with Crippen LogP contribution in [0.5, 0.6) is 0 Å². The highest BCUT2D eigenvalue weighted by Crippen LogP contribution is 2.24. The second-order valence-electron chi connectivity index (χ2n) is 4.89. The molecule has 0 saturated heterocycles.